The van der Waals surface area contributed by atoms with Crippen molar-refractivity contribution < 1.29 is 9.53 Å². The van der Waals surface area contributed by atoms with Crippen LogP contribution in [0.2, 0.25) is 0 Å². The molecule has 1 aliphatic heterocycles. The van der Waals surface area contributed by atoms with Crippen LogP contribution in [-0.4, -0.2) is 54.8 Å². The smallest absolute Gasteiger partial charge is 0.260 e. The topological polar surface area (TPSA) is 45.7 Å². The van der Waals surface area contributed by atoms with E-state index >= 15 is 0 Å². The largest absolute Gasteiger partial charge is 0.484 e. The first-order chi connectivity index (χ1) is 14.5. The SMILES string of the molecule is CSc1ccc2nc(N3CCN(C(=O)COc4ccc(C(C)C)cc4)CC3)sc2c1. The van der Waals surface area contributed by atoms with Crippen LogP contribution in [0.15, 0.2) is 47.4 Å². The summed E-state index contributed by atoms with van der Waals surface area (Å²) in [4.78, 5) is 22.8. The maximum absolute atomic E-state index is 12.6. The number of amides is 1. The van der Waals surface area contributed by atoms with Gasteiger partial charge in [0.25, 0.3) is 5.91 Å². The molecule has 30 heavy (non-hydrogen) atoms. The monoisotopic (exact) mass is 441 g/mol. The van der Waals surface area contributed by atoms with E-state index in [0.29, 0.717) is 19.0 Å². The van der Waals surface area contributed by atoms with Crippen LogP contribution in [0, 0.1) is 0 Å². The van der Waals surface area contributed by atoms with E-state index in [-0.39, 0.29) is 12.5 Å². The number of hydrogen-bond acceptors (Lipinski definition) is 6. The fraction of sp³-hybridized carbons (Fsp3) is 0.391. The van der Waals surface area contributed by atoms with Crippen molar-refractivity contribution in [3.8, 4) is 5.75 Å². The zero-order chi connectivity index (χ0) is 21.1. The fourth-order valence-electron chi connectivity index (χ4n) is 3.49. The number of piperazine rings is 1. The van der Waals surface area contributed by atoms with Crippen LogP contribution < -0.4 is 9.64 Å². The normalized spacial score (nSPS) is 14.5. The van der Waals surface area contributed by atoms with Crippen LogP contribution in [0.1, 0.15) is 25.3 Å². The number of benzene rings is 2. The summed E-state index contributed by atoms with van der Waals surface area (Å²) in [6, 6.07) is 14.4. The van der Waals surface area contributed by atoms with Gasteiger partial charge in [0.1, 0.15) is 5.75 Å². The van der Waals surface area contributed by atoms with Gasteiger partial charge in [-0.2, -0.15) is 0 Å². The zero-order valence-corrected chi connectivity index (χ0v) is 19.3. The number of rotatable bonds is 6. The summed E-state index contributed by atoms with van der Waals surface area (Å²) in [7, 11) is 0. The molecule has 4 rings (SSSR count). The summed E-state index contributed by atoms with van der Waals surface area (Å²) < 4.78 is 6.93. The van der Waals surface area contributed by atoms with Gasteiger partial charge in [-0.25, -0.2) is 4.98 Å². The van der Waals surface area contributed by atoms with Crippen molar-refractivity contribution in [2.75, 3.05) is 43.9 Å². The molecule has 0 N–H and O–H groups in total. The number of carbonyl (C=O) groups is 1. The molecule has 5 nitrogen and oxygen atoms in total. The Morgan fingerprint density at radius 2 is 1.87 bits per heavy atom. The van der Waals surface area contributed by atoms with E-state index in [1.54, 1.807) is 23.1 Å². The van der Waals surface area contributed by atoms with Crippen molar-refractivity contribution in [2.45, 2.75) is 24.7 Å². The highest BCUT2D eigenvalue weighted by molar-refractivity contribution is 7.98. The highest BCUT2D eigenvalue weighted by Crippen LogP contribution is 2.32. The molecule has 3 aromatic rings. The molecule has 0 saturated carbocycles. The standard InChI is InChI=1S/C23H27N3O2S2/c1-16(2)17-4-6-18(7-5-17)28-15-22(27)25-10-12-26(13-11-25)23-24-20-9-8-19(29-3)14-21(20)30-23/h4-9,14,16H,10-13,15H2,1-3H3. The van der Waals surface area contributed by atoms with Crippen LogP contribution in [0.5, 0.6) is 5.75 Å². The molecule has 1 amide bonds. The molecular weight excluding hydrogens is 414 g/mol. The van der Waals surface area contributed by atoms with Gasteiger partial charge in [0.05, 0.1) is 10.2 Å². The summed E-state index contributed by atoms with van der Waals surface area (Å²) in [6.07, 6.45) is 2.09. The van der Waals surface area contributed by atoms with Gasteiger partial charge in [-0.1, -0.05) is 37.3 Å². The second-order valence-corrected chi connectivity index (χ2v) is 9.60. The van der Waals surface area contributed by atoms with Gasteiger partial charge in [0.2, 0.25) is 0 Å². The van der Waals surface area contributed by atoms with E-state index in [9.17, 15) is 4.79 Å². The Morgan fingerprint density at radius 1 is 1.13 bits per heavy atom. The summed E-state index contributed by atoms with van der Waals surface area (Å²) in [5, 5.41) is 1.04. The van der Waals surface area contributed by atoms with Gasteiger partial charge in [-0.05, 0) is 48.1 Å². The predicted molar refractivity (Wildman–Crippen MR) is 126 cm³/mol. The molecule has 0 unspecified atom stereocenters. The van der Waals surface area contributed by atoms with Crippen molar-refractivity contribution in [3.63, 3.8) is 0 Å². The first kappa shape index (κ1) is 21.0. The Morgan fingerprint density at radius 3 is 2.53 bits per heavy atom. The van der Waals surface area contributed by atoms with Crippen molar-refractivity contribution >= 4 is 44.4 Å². The molecule has 0 radical (unpaired) electrons. The van der Waals surface area contributed by atoms with Gasteiger partial charge in [0, 0.05) is 31.1 Å². The third-order valence-corrected chi connectivity index (χ3v) is 7.20. The molecule has 0 spiro atoms. The number of thiazole rings is 1. The molecule has 1 saturated heterocycles. The minimum Gasteiger partial charge on any atom is -0.484 e. The lowest BCUT2D eigenvalue weighted by molar-refractivity contribution is -0.133. The fourth-order valence-corrected chi connectivity index (χ4v) is 5.06. The van der Waals surface area contributed by atoms with Crippen molar-refractivity contribution in [1.29, 1.82) is 0 Å². The van der Waals surface area contributed by atoms with E-state index in [2.05, 4.69) is 55.3 Å². The second-order valence-electron chi connectivity index (χ2n) is 7.71. The lowest BCUT2D eigenvalue weighted by Crippen LogP contribution is -2.50. The number of ether oxygens (including phenoxy) is 1. The van der Waals surface area contributed by atoms with Crippen LogP contribution in [0.4, 0.5) is 5.13 Å². The summed E-state index contributed by atoms with van der Waals surface area (Å²) in [6.45, 7) is 7.39. The van der Waals surface area contributed by atoms with Gasteiger partial charge in [-0.15, -0.1) is 11.8 Å². The van der Waals surface area contributed by atoms with Crippen LogP contribution in [0.25, 0.3) is 10.2 Å². The van der Waals surface area contributed by atoms with E-state index in [1.165, 1.54) is 15.2 Å². The number of fused-ring (bicyclic) bond motifs is 1. The molecule has 1 fully saturated rings. The molecule has 0 bridgehead atoms. The van der Waals surface area contributed by atoms with Crippen LogP contribution in [-0.2, 0) is 4.79 Å². The maximum atomic E-state index is 12.6. The van der Waals surface area contributed by atoms with Crippen LogP contribution in [0.3, 0.4) is 0 Å². The van der Waals surface area contributed by atoms with Crippen molar-refractivity contribution in [2.24, 2.45) is 0 Å². The quantitative estimate of drug-likeness (QED) is 0.511. The highest BCUT2D eigenvalue weighted by Gasteiger charge is 2.23. The molecule has 158 valence electrons. The minimum absolute atomic E-state index is 0.0384. The van der Waals surface area contributed by atoms with Crippen LogP contribution >= 0.6 is 23.1 Å². The molecule has 7 heteroatoms. The molecule has 0 atom stereocenters. The third kappa shape index (κ3) is 4.73. The number of aromatic nitrogens is 1. The molecule has 1 aliphatic rings. The summed E-state index contributed by atoms with van der Waals surface area (Å²) in [5.41, 5.74) is 2.31. The van der Waals surface area contributed by atoms with Gasteiger partial charge >= 0.3 is 0 Å². The second kappa shape index (κ2) is 9.27. The molecular formula is C23H27N3O2S2. The van der Waals surface area contributed by atoms with Crippen molar-refractivity contribution in [3.05, 3.63) is 48.0 Å². The van der Waals surface area contributed by atoms with E-state index in [4.69, 9.17) is 9.72 Å². The Balaban J connectivity index is 1.30. The number of carbonyl (C=O) groups excluding carboxylic acids is 1. The Kier molecular flexibility index (Phi) is 6.49. The average Bonchev–Trinajstić information content (AvgIpc) is 3.21. The molecule has 2 heterocycles. The Labute approximate surface area is 186 Å². The van der Waals surface area contributed by atoms with E-state index in [0.717, 1.165) is 29.5 Å². The van der Waals surface area contributed by atoms with E-state index in [1.807, 2.05) is 17.0 Å². The molecule has 1 aromatic heterocycles. The van der Waals surface area contributed by atoms with Gasteiger partial charge in [-0.3, -0.25) is 4.79 Å². The minimum atomic E-state index is 0.0384. The Hall–Kier alpha value is -2.25. The van der Waals surface area contributed by atoms with Gasteiger partial charge in [0.15, 0.2) is 11.7 Å². The molecule has 2 aromatic carbocycles. The number of thioether (sulfide) groups is 1. The third-order valence-electron chi connectivity index (χ3n) is 5.40. The Bertz CT molecular complexity index is 1010. The molecule has 0 aliphatic carbocycles. The summed E-state index contributed by atoms with van der Waals surface area (Å²) in [5.74, 6) is 1.27. The van der Waals surface area contributed by atoms with E-state index < -0.39 is 0 Å². The van der Waals surface area contributed by atoms with Gasteiger partial charge < -0.3 is 14.5 Å². The maximum Gasteiger partial charge on any atom is 0.260 e. The number of hydrogen-bond donors (Lipinski definition) is 0. The predicted octanol–water partition coefficient (Wildman–Crippen LogP) is 4.87. The number of anilines is 1. The first-order valence-electron chi connectivity index (χ1n) is 10.2. The van der Waals surface area contributed by atoms with Crippen molar-refractivity contribution in [1.82, 2.24) is 9.88 Å². The lowest BCUT2D eigenvalue weighted by Gasteiger charge is -2.34. The zero-order valence-electron chi connectivity index (χ0n) is 17.6. The number of nitrogens with zero attached hydrogens (tertiary/aromatic N) is 3. The highest BCUT2D eigenvalue weighted by atomic mass is 32.2. The average molecular weight is 442 g/mol. The summed E-state index contributed by atoms with van der Waals surface area (Å²) >= 11 is 3.47. The first-order valence-corrected chi connectivity index (χ1v) is 12.3. The lowest BCUT2D eigenvalue weighted by atomic mass is 10.0.